The number of pyridine rings is 1. The highest BCUT2D eigenvalue weighted by molar-refractivity contribution is 7.19. The summed E-state index contributed by atoms with van der Waals surface area (Å²) in [6.07, 6.45) is 1.69. The summed E-state index contributed by atoms with van der Waals surface area (Å²) in [5.74, 6) is -0.0936. The molecule has 8 heteroatoms. The number of hydrogen-bond acceptors (Lipinski definition) is 5. The average molecular weight is 422 g/mol. The monoisotopic (exact) mass is 421 g/mol. The number of carbonyl (C=O) groups is 1. The Bertz CT molecular complexity index is 1250. The molecule has 0 saturated heterocycles. The topological polar surface area (TPSA) is 111 Å². The van der Waals surface area contributed by atoms with E-state index in [1.165, 1.54) is 12.1 Å². The Hall–Kier alpha value is -3.49. The first kappa shape index (κ1) is 19.8. The van der Waals surface area contributed by atoms with Crippen molar-refractivity contribution < 1.29 is 9.18 Å². The highest BCUT2D eigenvalue weighted by atomic mass is 32.1. The Morgan fingerprint density at radius 3 is 2.57 bits per heavy atom. The van der Waals surface area contributed by atoms with E-state index in [1.54, 1.807) is 35.7 Å². The molecule has 152 valence electrons. The quantitative estimate of drug-likeness (QED) is 0.445. The number of primary amides is 1. The number of fused-ring (bicyclic) bond motifs is 1. The maximum absolute atomic E-state index is 14.5. The number of aromatic nitrogens is 1. The van der Waals surface area contributed by atoms with Gasteiger partial charge >= 0.3 is 6.03 Å². The number of urea groups is 1. The summed E-state index contributed by atoms with van der Waals surface area (Å²) >= 11 is 1.64. The first-order valence-corrected chi connectivity index (χ1v) is 10.0. The molecule has 0 aliphatic carbocycles. The molecular formula is C22H20FN5OS. The van der Waals surface area contributed by atoms with Gasteiger partial charge in [0.2, 0.25) is 0 Å². The number of benzene rings is 2. The number of nitrogen functional groups attached to an aromatic ring is 1. The zero-order valence-electron chi connectivity index (χ0n) is 16.2. The van der Waals surface area contributed by atoms with E-state index in [9.17, 15) is 9.18 Å². The Morgan fingerprint density at radius 2 is 1.90 bits per heavy atom. The Labute approximate surface area is 176 Å². The van der Waals surface area contributed by atoms with Crippen LogP contribution in [0.15, 0.2) is 54.7 Å². The molecule has 0 fully saturated rings. The van der Waals surface area contributed by atoms with Crippen LogP contribution in [0.4, 0.5) is 26.4 Å². The fourth-order valence-corrected chi connectivity index (χ4v) is 4.64. The third-order valence-electron chi connectivity index (χ3n) is 4.93. The first-order chi connectivity index (χ1) is 14.4. The number of amides is 2. The molecule has 0 radical (unpaired) electrons. The molecule has 6 nitrogen and oxygen atoms in total. The van der Waals surface area contributed by atoms with Gasteiger partial charge in [-0.25, -0.2) is 14.2 Å². The lowest BCUT2D eigenvalue weighted by atomic mass is 10.0. The van der Waals surface area contributed by atoms with Gasteiger partial charge in [-0.2, -0.15) is 0 Å². The van der Waals surface area contributed by atoms with Crippen molar-refractivity contribution >= 4 is 44.6 Å². The predicted octanol–water partition coefficient (Wildman–Crippen LogP) is 4.67. The summed E-state index contributed by atoms with van der Waals surface area (Å²) in [6, 6.07) is 12.7. The zero-order chi connectivity index (χ0) is 21.4. The molecule has 2 amide bonds. The zero-order valence-corrected chi connectivity index (χ0v) is 17.0. The second-order valence-corrected chi connectivity index (χ2v) is 8.07. The lowest BCUT2D eigenvalue weighted by Gasteiger charge is -2.22. The number of anilines is 3. The van der Waals surface area contributed by atoms with Crippen LogP contribution in [0.5, 0.6) is 0 Å². The molecule has 0 spiro atoms. The summed E-state index contributed by atoms with van der Waals surface area (Å²) in [6.45, 7) is 2.25. The van der Waals surface area contributed by atoms with E-state index in [2.05, 4.69) is 4.98 Å². The third kappa shape index (κ3) is 3.36. The van der Waals surface area contributed by atoms with E-state index in [-0.39, 0.29) is 12.2 Å². The van der Waals surface area contributed by atoms with Crippen LogP contribution in [-0.4, -0.2) is 11.0 Å². The van der Waals surface area contributed by atoms with Crippen LogP contribution in [0.2, 0.25) is 0 Å². The van der Waals surface area contributed by atoms with Crippen molar-refractivity contribution in [2.75, 3.05) is 10.6 Å². The highest BCUT2D eigenvalue weighted by Crippen LogP contribution is 2.41. The van der Waals surface area contributed by atoms with Gasteiger partial charge in [0.25, 0.3) is 0 Å². The molecular weight excluding hydrogens is 401 g/mol. The van der Waals surface area contributed by atoms with Gasteiger partial charge in [-0.3, -0.25) is 4.90 Å². The van der Waals surface area contributed by atoms with E-state index in [1.807, 2.05) is 25.1 Å². The first-order valence-electron chi connectivity index (χ1n) is 9.22. The summed E-state index contributed by atoms with van der Waals surface area (Å²) in [5.41, 5.74) is 20.5. The molecule has 2 aromatic heterocycles. The van der Waals surface area contributed by atoms with Crippen LogP contribution >= 0.6 is 11.3 Å². The van der Waals surface area contributed by atoms with Gasteiger partial charge in [-0.15, -0.1) is 11.3 Å². The number of nitrogens with zero attached hydrogens (tertiary/aromatic N) is 2. The second-order valence-electron chi connectivity index (χ2n) is 6.81. The van der Waals surface area contributed by atoms with Crippen molar-refractivity contribution in [3.63, 3.8) is 0 Å². The molecule has 2 aromatic carbocycles. The maximum atomic E-state index is 14.5. The molecule has 4 rings (SSSR count). The minimum atomic E-state index is -0.790. The summed E-state index contributed by atoms with van der Waals surface area (Å²) in [7, 11) is 0. The van der Waals surface area contributed by atoms with Gasteiger partial charge in [0, 0.05) is 33.3 Å². The number of hydrogen-bond donors (Lipinski definition) is 3. The van der Waals surface area contributed by atoms with Gasteiger partial charge in [0.15, 0.2) is 0 Å². The molecule has 0 aliphatic rings. The molecule has 30 heavy (non-hydrogen) atoms. The van der Waals surface area contributed by atoms with Crippen molar-refractivity contribution in [1.82, 2.24) is 4.98 Å². The van der Waals surface area contributed by atoms with E-state index in [0.717, 1.165) is 31.0 Å². The van der Waals surface area contributed by atoms with Crippen LogP contribution in [0.25, 0.3) is 21.2 Å². The second kappa shape index (κ2) is 7.74. The molecule has 0 bridgehead atoms. The van der Waals surface area contributed by atoms with Crippen molar-refractivity contribution in [1.29, 1.82) is 0 Å². The standard InChI is InChI=1S/C22H20FN5OS/c1-12-19(20-18(30-12)8-9-27-21(20)25)14-3-5-15(6-4-14)28(22(26)29)17-10-13(11-24)2-7-16(17)23/h2-10H,11,24H2,1H3,(H2,25,27)(H2,26,29). The van der Waals surface area contributed by atoms with Crippen molar-refractivity contribution in [2.24, 2.45) is 11.5 Å². The van der Waals surface area contributed by atoms with E-state index in [0.29, 0.717) is 17.1 Å². The molecule has 0 atom stereocenters. The normalized spacial score (nSPS) is 11.0. The summed E-state index contributed by atoms with van der Waals surface area (Å²) < 4.78 is 15.5. The molecule has 0 aliphatic heterocycles. The lowest BCUT2D eigenvalue weighted by Crippen LogP contribution is -2.32. The molecule has 2 heterocycles. The Balaban J connectivity index is 1.80. The lowest BCUT2D eigenvalue weighted by molar-refractivity contribution is 0.256. The number of halogens is 1. The van der Waals surface area contributed by atoms with Gasteiger partial charge in [-0.1, -0.05) is 18.2 Å². The fraction of sp³-hybridized carbons (Fsp3) is 0.0909. The minimum absolute atomic E-state index is 0.0591. The predicted molar refractivity (Wildman–Crippen MR) is 120 cm³/mol. The highest BCUT2D eigenvalue weighted by Gasteiger charge is 2.20. The van der Waals surface area contributed by atoms with Gasteiger partial charge in [0.05, 0.1) is 11.4 Å². The van der Waals surface area contributed by atoms with Crippen LogP contribution in [-0.2, 0) is 6.54 Å². The number of nitrogens with two attached hydrogens (primary N) is 3. The fourth-order valence-electron chi connectivity index (χ4n) is 3.55. The summed E-state index contributed by atoms with van der Waals surface area (Å²) in [4.78, 5) is 18.6. The average Bonchev–Trinajstić information content (AvgIpc) is 3.07. The molecule has 0 saturated carbocycles. The largest absolute Gasteiger partial charge is 0.383 e. The van der Waals surface area contributed by atoms with Gasteiger partial charge < -0.3 is 17.2 Å². The Morgan fingerprint density at radius 1 is 1.17 bits per heavy atom. The maximum Gasteiger partial charge on any atom is 0.323 e. The smallest absolute Gasteiger partial charge is 0.323 e. The van der Waals surface area contributed by atoms with Crippen LogP contribution in [0, 0.1) is 12.7 Å². The van der Waals surface area contributed by atoms with Crippen molar-refractivity contribution in [3.05, 3.63) is 71.0 Å². The molecule has 0 unspecified atom stereocenters. The van der Waals surface area contributed by atoms with Crippen molar-refractivity contribution in [3.8, 4) is 11.1 Å². The van der Waals surface area contributed by atoms with E-state index in [4.69, 9.17) is 17.2 Å². The van der Waals surface area contributed by atoms with Crippen LogP contribution < -0.4 is 22.1 Å². The van der Waals surface area contributed by atoms with E-state index >= 15 is 0 Å². The molecule has 4 aromatic rings. The van der Waals surface area contributed by atoms with Crippen LogP contribution in [0.1, 0.15) is 10.4 Å². The van der Waals surface area contributed by atoms with Crippen LogP contribution in [0.3, 0.4) is 0 Å². The third-order valence-corrected chi connectivity index (χ3v) is 6.00. The van der Waals surface area contributed by atoms with Gasteiger partial charge in [0.1, 0.15) is 11.6 Å². The number of thiophene rings is 1. The van der Waals surface area contributed by atoms with E-state index < -0.39 is 11.8 Å². The molecule has 6 N–H and O–H groups in total. The number of aryl methyl sites for hydroxylation is 1. The van der Waals surface area contributed by atoms with Gasteiger partial charge in [-0.05, 0) is 48.4 Å². The summed E-state index contributed by atoms with van der Waals surface area (Å²) in [5, 5.41) is 0.904. The Kier molecular flexibility index (Phi) is 5.11. The minimum Gasteiger partial charge on any atom is -0.383 e. The SMILES string of the molecule is Cc1sc2ccnc(N)c2c1-c1ccc(N(C(N)=O)c2cc(CN)ccc2F)cc1. The number of carbonyl (C=O) groups excluding carboxylic acids is 1. The number of rotatable bonds is 4. The van der Waals surface area contributed by atoms with Crippen molar-refractivity contribution in [2.45, 2.75) is 13.5 Å².